The Morgan fingerprint density at radius 3 is 2.48 bits per heavy atom. The molecule has 4 rings (SSSR count). The molecule has 0 amide bonds. The topological polar surface area (TPSA) is 77.2 Å². The van der Waals surface area contributed by atoms with E-state index in [0.29, 0.717) is 33.0 Å². The van der Waals surface area contributed by atoms with E-state index < -0.39 is 25.7 Å². The minimum absolute atomic E-state index is 0.0103. The third-order valence-electron chi connectivity index (χ3n) is 5.30. The number of pyridine rings is 1. The molecule has 0 radical (unpaired) electrons. The number of aromatic nitrogens is 3. The fourth-order valence-electron chi connectivity index (χ4n) is 3.58. The number of carboxylic acids is 1. The van der Waals surface area contributed by atoms with Gasteiger partial charge in [-0.3, -0.25) is 0 Å². The highest BCUT2D eigenvalue weighted by Gasteiger charge is 2.23. The third-order valence-corrected chi connectivity index (χ3v) is 7.53. The first-order valence-electron chi connectivity index (χ1n) is 10.3. The fourth-order valence-corrected chi connectivity index (χ4v) is 4.80. The van der Waals surface area contributed by atoms with Crippen molar-refractivity contribution in [1.82, 2.24) is 14.8 Å². The maximum Gasteiger partial charge on any atom is 0.335 e. The molecule has 172 valence electrons. The smallest absolute Gasteiger partial charge is 0.335 e. The van der Waals surface area contributed by atoms with Crippen molar-refractivity contribution in [3.8, 4) is 11.3 Å². The summed E-state index contributed by atoms with van der Waals surface area (Å²) in [5.41, 5.74) is 0.659. The summed E-state index contributed by atoms with van der Waals surface area (Å²) in [6.07, 6.45) is 0. The Hall–Kier alpha value is -2.69. The van der Waals surface area contributed by atoms with E-state index in [0.717, 1.165) is 18.2 Å². The standard InChI is InChI=1S/C23H22BrF2N3O3Si/c1-33(2,3)10-9-32-12-29-21-14-8-7-13(23(30)31)11-15(14)19(27-20(21)22(24)28-29)18-16(25)5-4-6-17(18)26/h4-8,11H,9-10,12H2,1-3H3,(H,30,31). The van der Waals surface area contributed by atoms with Gasteiger partial charge in [-0.25, -0.2) is 23.2 Å². The molecule has 0 bridgehead atoms. The summed E-state index contributed by atoms with van der Waals surface area (Å²) in [5, 5.41) is 14.8. The summed E-state index contributed by atoms with van der Waals surface area (Å²) in [5.74, 6) is -2.73. The predicted octanol–water partition coefficient (Wildman–Crippen LogP) is 6.30. The molecule has 0 spiro atoms. The zero-order valence-corrected chi connectivity index (χ0v) is 20.9. The predicted molar refractivity (Wildman–Crippen MR) is 129 cm³/mol. The van der Waals surface area contributed by atoms with Gasteiger partial charge >= 0.3 is 5.97 Å². The minimum atomic E-state index is -1.26. The molecular weight excluding hydrogens is 512 g/mol. The zero-order chi connectivity index (χ0) is 23.9. The van der Waals surface area contributed by atoms with Crippen LogP contribution in [0.5, 0.6) is 0 Å². The summed E-state index contributed by atoms with van der Waals surface area (Å²) in [4.78, 5) is 16.1. The van der Waals surface area contributed by atoms with E-state index in [1.54, 1.807) is 10.7 Å². The van der Waals surface area contributed by atoms with Gasteiger partial charge in [-0.05, 0) is 46.2 Å². The van der Waals surface area contributed by atoms with Crippen molar-refractivity contribution in [2.45, 2.75) is 32.4 Å². The average molecular weight is 534 g/mol. The molecule has 0 saturated carbocycles. The Balaban J connectivity index is 1.93. The van der Waals surface area contributed by atoms with Gasteiger partial charge in [0.25, 0.3) is 0 Å². The number of ether oxygens (including phenoxy) is 1. The maximum atomic E-state index is 14.7. The maximum absolute atomic E-state index is 14.7. The summed E-state index contributed by atoms with van der Waals surface area (Å²) >= 11 is 3.40. The quantitative estimate of drug-likeness (QED) is 0.222. The molecule has 33 heavy (non-hydrogen) atoms. The lowest BCUT2D eigenvalue weighted by Gasteiger charge is -2.16. The molecule has 0 fully saturated rings. The second kappa shape index (κ2) is 8.92. The first-order chi connectivity index (χ1) is 15.6. The minimum Gasteiger partial charge on any atom is -0.478 e. The van der Waals surface area contributed by atoms with Gasteiger partial charge in [-0.1, -0.05) is 31.8 Å². The van der Waals surface area contributed by atoms with Crippen LogP contribution in [0.3, 0.4) is 0 Å². The van der Waals surface area contributed by atoms with Crippen molar-refractivity contribution in [2.75, 3.05) is 6.61 Å². The Kier molecular flexibility index (Phi) is 6.34. The van der Waals surface area contributed by atoms with Crippen LogP contribution in [0.2, 0.25) is 25.7 Å². The van der Waals surface area contributed by atoms with E-state index in [4.69, 9.17) is 4.74 Å². The summed E-state index contributed by atoms with van der Waals surface area (Å²) in [6.45, 7) is 7.53. The third kappa shape index (κ3) is 4.68. The molecule has 0 aliphatic rings. The zero-order valence-electron chi connectivity index (χ0n) is 18.3. The van der Waals surface area contributed by atoms with Crippen molar-refractivity contribution in [3.63, 3.8) is 0 Å². The van der Waals surface area contributed by atoms with Crippen LogP contribution in [0.1, 0.15) is 10.4 Å². The highest BCUT2D eigenvalue weighted by atomic mass is 79.9. The lowest BCUT2D eigenvalue weighted by Crippen LogP contribution is -2.22. The van der Waals surface area contributed by atoms with E-state index in [9.17, 15) is 18.7 Å². The van der Waals surface area contributed by atoms with Crippen LogP contribution in [0.4, 0.5) is 8.78 Å². The molecule has 10 heteroatoms. The number of rotatable bonds is 7. The first-order valence-corrected chi connectivity index (χ1v) is 14.8. The number of hydrogen-bond acceptors (Lipinski definition) is 4. The lowest BCUT2D eigenvalue weighted by molar-refractivity contribution is 0.0697. The molecular formula is C23H22BrF2N3O3Si. The number of carboxylic acid groups (broad SMARTS) is 1. The number of nitrogens with zero attached hydrogens (tertiary/aromatic N) is 3. The molecule has 0 saturated heterocycles. The number of hydrogen-bond donors (Lipinski definition) is 1. The molecule has 0 unspecified atom stereocenters. The molecule has 6 nitrogen and oxygen atoms in total. The number of benzene rings is 2. The Morgan fingerprint density at radius 2 is 1.85 bits per heavy atom. The van der Waals surface area contributed by atoms with Crippen LogP contribution in [-0.4, -0.2) is 40.5 Å². The normalized spacial score (nSPS) is 12.1. The van der Waals surface area contributed by atoms with Crippen molar-refractivity contribution in [2.24, 2.45) is 0 Å². The first kappa shape index (κ1) is 23.5. The lowest BCUT2D eigenvalue weighted by atomic mass is 9.99. The second-order valence-electron chi connectivity index (χ2n) is 8.96. The van der Waals surface area contributed by atoms with Gasteiger partial charge in [0.2, 0.25) is 0 Å². The highest BCUT2D eigenvalue weighted by molar-refractivity contribution is 9.10. The van der Waals surface area contributed by atoms with Gasteiger partial charge < -0.3 is 9.84 Å². The summed E-state index contributed by atoms with van der Waals surface area (Å²) < 4.78 is 37.2. The van der Waals surface area contributed by atoms with Crippen molar-refractivity contribution in [3.05, 3.63) is 58.2 Å². The van der Waals surface area contributed by atoms with Gasteiger partial charge in [0.05, 0.1) is 22.3 Å². The molecule has 1 N–H and O–H groups in total. The van der Waals surface area contributed by atoms with E-state index in [1.807, 2.05) is 0 Å². The van der Waals surface area contributed by atoms with Gasteiger partial charge in [-0.2, -0.15) is 5.10 Å². The Morgan fingerprint density at radius 1 is 1.15 bits per heavy atom. The number of fused-ring (bicyclic) bond motifs is 3. The molecule has 0 aliphatic heterocycles. The fraction of sp³-hybridized carbons (Fsp3) is 0.261. The monoisotopic (exact) mass is 533 g/mol. The van der Waals surface area contributed by atoms with Crippen LogP contribution in [0.15, 0.2) is 41.0 Å². The van der Waals surface area contributed by atoms with Gasteiger partial charge in [0.1, 0.15) is 23.9 Å². The largest absolute Gasteiger partial charge is 0.478 e. The Bertz CT molecular complexity index is 1370. The van der Waals surface area contributed by atoms with Crippen molar-refractivity contribution >= 4 is 51.8 Å². The van der Waals surface area contributed by atoms with Gasteiger partial charge in [0.15, 0.2) is 4.60 Å². The number of carbonyl (C=O) groups is 1. The van der Waals surface area contributed by atoms with Crippen LogP contribution in [-0.2, 0) is 11.5 Å². The summed E-state index contributed by atoms with van der Waals surface area (Å²) in [7, 11) is -1.26. The second-order valence-corrected chi connectivity index (χ2v) is 15.3. The van der Waals surface area contributed by atoms with Gasteiger partial charge in [-0.15, -0.1) is 0 Å². The summed E-state index contributed by atoms with van der Waals surface area (Å²) in [6, 6.07) is 8.97. The average Bonchev–Trinajstić information content (AvgIpc) is 3.05. The highest BCUT2D eigenvalue weighted by Crippen LogP contribution is 2.37. The SMILES string of the molecule is C[Si](C)(C)CCOCn1nc(Br)c2nc(-c3c(F)cccc3F)c3cc(C(=O)O)ccc3c21. The van der Waals surface area contributed by atoms with E-state index >= 15 is 0 Å². The van der Waals surface area contributed by atoms with Crippen molar-refractivity contribution < 1.29 is 23.4 Å². The molecule has 0 aliphatic carbocycles. The van der Waals surface area contributed by atoms with Crippen LogP contribution in [0.25, 0.3) is 33.1 Å². The molecule has 2 heterocycles. The molecule has 2 aromatic heterocycles. The number of aromatic carboxylic acids is 1. The molecule has 4 aromatic rings. The van der Waals surface area contributed by atoms with Crippen LogP contribution >= 0.6 is 15.9 Å². The molecule has 2 aromatic carbocycles. The van der Waals surface area contributed by atoms with E-state index in [1.165, 1.54) is 18.2 Å². The van der Waals surface area contributed by atoms with Crippen LogP contribution in [0, 0.1) is 11.6 Å². The number of halogens is 3. The van der Waals surface area contributed by atoms with Gasteiger partial charge in [0, 0.05) is 25.5 Å². The van der Waals surface area contributed by atoms with Crippen molar-refractivity contribution in [1.29, 1.82) is 0 Å². The molecule has 0 atom stereocenters. The van der Waals surface area contributed by atoms with E-state index in [-0.39, 0.29) is 23.6 Å². The Labute approximate surface area is 198 Å². The van der Waals surface area contributed by atoms with E-state index in [2.05, 4.69) is 45.7 Å². The van der Waals surface area contributed by atoms with Crippen LogP contribution < -0.4 is 0 Å².